The average molecular weight is 299 g/mol. The molecule has 2 atom stereocenters. The van der Waals surface area contributed by atoms with Crippen LogP contribution in [0.4, 0.5) is 0 Å². The van der Waals surface area contributed by atoms with Gasteiger partial charge in [-0.3, -0.25) is 9.97 Å². The predicted octanol–water partition coefficient (Wildman–Crippen LogP) is 1.27. The summed E-state index contributed by atoms with van der Waals surface area (Å²) < 4.78 is 12.0. The number of hydrogen-bond acceptors (Lipinski definition) is 6. The monoisotopic (exact) mass is 299 g/mol. The minimum atomic E-state index is -0.498. The molecule has 0 bridgehead atoms. The van der Waals surface area contributed by atoms with Crippen molar-refractivity contribution in [3.63, 3.8) is 0 Å². The second-order valence-electron chi connectivity index (χ2n) is 5.68. The van der Waals surface area contributed by atoms with Crippen molar-refractivity contribution in [1.29, 1.82) is 0 Å². The molecule has 6 heteroatoms. The number of ether oxygens (including phenoxy) is 2. The molecular formula is C16H17N3O3. The first-order chi connectivity index (χ1) is 10.8. The van der Waals surface area contributed by atoms with Gasteiger partial charge in [-0.05, 0) is 35.4 Å². The molecule has 0 aromatic carbocycles. The van der Waals surface area contributed by atoms with E-state index < -0.39 is 5.54 Å². The quantitative estimate of drug-likeness (QED) is 0.920. The van der Waals surface area contributed by atoms with Crippen molar-refractivity contribution in [1.82, 2.24) is 14.9 Å². The van der Waals surface area contributed by atoms with Gasteiger partial charge in [0.05, 0.1) is 25.4 Å². The average Bonchev–Trinajstić information content (AvgIpc) is 3.14. The van der Waals surface area contributed by atoms with E-state index in [1.807, 2.05) is 24.3 Å². The highest BCUT2D eigenvalue weighted by Crippen LogP contribution is 2.48. The lowest BCUT2D eigenvalue weighted by molar-refractivity contribution is -0.0631. The highest BCUT2D eigenvalue weighted by atomic mass is 16.6. The summed E-state index contributed by atoms with van der Waals surface area (Å²) in [6, 6.07) is 7.72. The molecule has 2 aromatic heterocycles. The van der Waals surface area contributed by atoms with Crippen molar-refractivity contribution in [3.05, 3.63) is 60.2 Å². The van der Waals surface area contributed by atoms with E-state index >= 15 is 0 Å². The number of rotatable bonds is 3. The Kier molecular flexibility index (Phi) is 3.38. The second-order valence-corrected chi connectivity index (χ2v) is 5.68. The molecular weight excluding hydrogens is 282 g/mol. The maximum atomic E-state index is 9.93. The van der Waals surface area contributed by atoms with E-state index in [0.717, 1.165) is 11.1 Å². The van der Waals surface area contributed by atoms with E-state index in [9.17, 15) is 5.11 Å². The Balaban J connectivity index is 1.74. The fourth-order valence-corrected chi connectivity index (χ4v) is 3.18. The molecule has 2 saturated heterocycles. The fourth-order valence-electron chi connectivity index (χ4n) is 3.18. The topological polar surface area (TPSA) is 67.7 Å². The molecule has 2 fully saturated rings. The fraction of sp³-hybridized carbons (Fsp3) is 0.375. The number of aromatic nitrogens is 2. The molecule has 1 N–H and O–H groups in total. The van der Waals surface area contributed by atoms with Crippen molar-refractivity contribution in [2.45, 2.75) is 18.0 Å². The van der Waals surface area contributed by atoms with Gasteiger partial charge in [0.1, 0.15) is 12.5 Å². The van der Waals surface area contributed by atoms with Crippen molar-refractivity contribution >= 4 is 0 Å². The highest BCUT2D eigenvalue weighted by molar-refractivity contribution is 5.22. The summed E-state index contributed by atoms with van der Waals surface area (Å²) in [6.45, 7) is 0.881. The SMILES string of the molecule is OCC12CO[C@H](c3ccncc3)N1[C@@H](c1ccncc1)OC2. The number of aliphatic hydroxyl groups excluding tert-OH is 1. The van der Waals surface area contributed by atoms with Crippen LogP contribution >= 0.6 is 0 Å². The van der Waals surface area contributed by atoms with Crippen LogP contribution in [0.15, 0.2) is 49.1 Å². The normalized spacial score (nSPS) is 27.0. The Hall–Kier alpha value is -1.86. The summed E-state index contributed by atoms with van der Waals surface area (Å²) in [5.74, 6) is 0. The summed E-state index contributed by atoms with van der Waals surface area (Å²) in [4.78, 5) is 10.2. The third-order valence-electron chi connectivity index (χ3n) is 4.35. The van der Waals surface area contributed by atoms with E-state index in [2.05, 4.69) is 14.9 Å². The van der Waals surface area contributed by atoms with Crippen molar-refractivity contribution in [3.8, 4) is 0 Å². The van der Waals surface area contributed by atoms with E-state index in [1.54, 1.807) is 24.8 Å². The van der Waals surface area contributed by atoms with Gasteiger partial charge in [0.25, 0.3) is 0 Å². The van der Waals surface area contributed by atoms with Crippen LogP contribution in [-0.2, 0) is 9.47 Å². The molecule has 0 radical (unpaired) electrons. The Morgan fingerprint density at radius 3 is 1.82 bits per heavy atom. The maximum absolute atomic E-state index is 9.93. The number of pyridine rings is 2. The van der Waals surface area contributed by atoms with Crippen molar-refractivity contribution < 1.29 is 14.6 Å². The molecule has 0 unspecified atom stereocenters. The van der Waals surface area contributed by atoms with E-state index in [0.29, 0.717) is 13.2 Å². The Morgan fingerprint density at radius 1 is 0.955 bits per heavy atom. The molecule has 114 valence electrons. The van der Waals surface area contributed by atoms with Crippen LogP contribution in [0, 0.1) is 0 Å². The molecule has 0 amide bonds. The lowest BCUT2D eigenvalue weighted by atomic mass is 10.0. The van der Waals surface area contributed by atoms with Gasteiger partial charge in [0.2, 0.25) is 0 Å². The third kappa shape index (κ3) is 2.04. The Labute approximate surface area is 128 Å². The lowest BCUT2D eigenvalue weighted by Crippen LogP contribution is -2.47. The molecule has 6 nitrogen and oxygen atoms in total. The summed E-state index contributed by atoms with van der Waals surface area (Å²) >= 11 is 0. The molecule has 2 aromatic rings. The van der Waals surface area contributed by atoms with Crippen molar-refractivity contribution in [2.75, 3.05) is 19.8 Å². The van der Waals surface area contributed by atoms with Crippen LogP contribution < -0.4 is 0 Å². The first-order valence-electron chi connectivity index (χ1n) is 7.26. The Bertz CT molecular complexity index is 586. The number of hydrogen-bond donors (Lipinski definition) is 1. The van der Waals surface area contributed by atoms with Crippen molar-refractivity contribution in [2.24, 2.45) is 0 Å². The third-order valence-corrected chi connectivity index (χ3v) is 4.35. The first kappa shape index (κ1) is 13.8. The zero-order valence-corrected chi connectivity index (χ0v) is 12.0. The summed E-state index contributed by atoms with van der Waals surface area (Å²) in [7, 11) is 0. The van der Waals surface area contributed by atoms with E-state index in [-0.39, 0.29) is 19.1 Å². The van der Waals surface area contributed by atoms with Gasteiger partial charge >= 0.3 is 0 Å². The Morgan fingerprint density at radius 2 is 1.41 bits per heavy atom. The largest absolute Gasteiger partial charge is 0.394 e. The van der Waals surface area contributed by atoms with Crippen LogP contribution in [0.1, 0.15) is 23.6 Å². The predicted molar refractivity (Wildman–Crippen MR) is 77.5 cm³/mol. The molecule has 4 heterocycles. The van der Waals surface area contributed by atoms with Gasteiger partial charge in [-0.15, -0.1) is 0 Å². The van der Waals surface area contributed by atoms with Crippen LogP contribution in [0.5, 0.6) is 0 Å². The molecule has 22 heavy (non-hydrogen) atoms. The molecule has 2 aliphatic heterocycles. The standard InChI is InChI=1S/C16H17N3O3/c20-9-16-10-21-14(12-1-5-17-6-2-12)19(16)15(22-11-16)13-3-7-18-8-4-13/h1-8,14-15,20H,9-11H2/t14-,15-/m1/s1. The van der Waals surface area contributed by atoms with Gasteiger partial charge in [-0.1, -0.05) is 0 Å². The van der Waals surface area contributed by atoms with E-state index in [1.165, 1.54) is 0 Å². The summed E-state index contributed by atoms with van der Waals surface area (Å²) in [6.07, 6.45) is 6.48. The van der Waals surface area contributed by atoms with Crippen LogP contribution in [0.3, 0.4) is 0 Å². The zero-order chi connectivity index (χ0) is 15.0. The van der Waals surface area contributed by atoms with Gasteiger partial charge < -0.3 is 14.6 Å². The zero-order valence-electron chi connectivity index (χ0n) is 12.0. The number of fused-ring (bicyclic) bond motifs is 1. The van der Waals surface area contributed by atoms with Gasteiger partial charge in [0, 0.05) is 24.8 Å². The lowest BCUT2D eigenvalue weighted by Gasteiger charge is -2.32. The maximum Gasteiger partial charge on any atom is 0.139 e. The molecule has 0 aliphatic carbocycles. The van der Waals surface area contributed by atoms with Gasteiger partial charge in [0.15, 0.2) is 0 Å². The van der Waals surface area contributed by atoms with Gasteiger partial charge in [-0.25, -0.2) is 4.90 Å². The number of aliphatic hydroxyl groups is 1. The highest BCUT2D eigenvalue weighted by Gasteiger charge is 2.56. The minimum Gasteiger partial charge on any atom is -0.394 e. The number of nitrogens with zero attached hydrogens (tertiary/aromatic N) is 3. The first-order valence-corrected chi connectivity index (χ1v) is 7.26. The molecule has 0 spiro atoms. The molecule has 2 aliphatic rings. The summed E-state index contributed by atoms with van der Waals surface area (Å²) in [5, 5.41) is 9.93. The van der Waals surface area contributed by atoms with Crippen LogP contribution in [0.25, 0.3) is 0 Å². The smallest absolute Gasteiger partial charge is 0.139 e. The summed E-state index contributed by atoms with van der Waals surface area (Å²) in [5.41, 5.74) is 1.52. The van der Waals surface area contributed by atoms with Gasteiger partial charge in [-0.2, -0.15) is 0 Å². The van der Waals surface area contributed by atoms with E-state index in [4.69, 9.17) is 9.47 Å². The molecule has 4 rings (SSSR count). The molecule has 0 saturated carbocycles. The second kappa shape index (κ2) is 5.40. The van der Waals surface area contributed by atoms with Crippen LogP contribution in [0.2, 0.25) is 0 Å². The van der Waals surface area contributed by atoms with Crippen LogP contribution in [-0.4, -0.2) is 45.3 Å². The minimum absolute atomic E-state index is 0.00380.